The predicted molar refractivity (Wildman–Crippen MR) is 83.3 cm³/mol. The van der Waals surface area contributed by atoms with Gasteiger partial charge in [0.2, 0.25) is 0 Å². The number of hydrogen-bond donors (Lipinski definition) is 0. The molecule has 7 heteroatoms. The lowest BCUT2D eigenvalue weighted by atomic mass is 10.4. The Morgan fingerprint density at radius 2 is 1.75 bits per heavy atom. The summed E-state index contributed by atoms with van der Waals surface area (Å²) < 4.78 is 20.9. The molecule has 20 heavy (non-hydrogen) atoms. The molecule has 0 aromatic rings. The Morgan fingerprint density at radius 1 is 1.15 bits per heavy atom. The third-order valence-electron chi connectivity index (χ3n) is 2.82. The van der Waals surface area contributed by atoms with Gasteiger partial charge in [0.05, 0.1) is 39.6 Å². The quantitative estimate of drug-likeness (QED) is 0.233. The fourth-order valence-electron chi connectivity index (χ4n) is 1.66. The molecule has 0 radical (unpaired) electrons. The third-order valence-corrected chi connectivity index (χ3v) is 3.33. The molecule has 1 aliphatic heterocycles. The zero-order valence-electron chi connectivity index (χ0n) is 12.0. The molecular weight excluding hydrogens is 377 g/mol. The molecule has 1 rings (SSSR count). The van der Waals surface area contributed by atoms with Crippen molar-refractivity contribution >= 4 is 28.6 Å². The average molecular weight is 401 g/mol. The minimum absolute atomic E-state index is 0.115. The first-order chi connectivity index (χ1) is 9.70. The van der Waals surface area contributed by atoms with Gasteiger partial charge in [0, 0.05) is 19.6 Å². The van der Waals surface area contributed by atoms with Gasteiger partial charge < -0.3 is 18.9 Å². The van der Waals surface area contributed by atoms with Gasteiger partial charge in [-0.05, 0) is 6.92 Å². The van der Waals surface area contributed by atoms with Gasteiger partial charge in [0.15, 0.2) is 0 Å². The van der Waals surface area contributed by atoms with E-state index in [2.05, 4.69) is 4.90 Å². The van der Waals surface area contributed by atoms with Crippen molar-refractivity contribution in [3.05, 3.63) is 0 Å². The second kappa shape index (κ2) is 11.7. The van der Waals surface area contributed by atoms with Gasteiger partial charge in [-0.25, -0.2) is 0 Å². The van der Waals surface area contributed by atoms with E-state index in [4.69, 9.17) is 18.9 Å². The van der Waals surface area contributed by atoms with Crippen LogP contribution in [0.1, 0.15) is 6.92 Å². The molecule has 118 valence electrons. The van der Waals surface area contributed by atoms with Crippen LogP contribution in [0.25, 0.3) is 0 Å². The van der Waals surface area contributed by atoms with Crippen LogP contribution in [-0.4, -0.2) is 80.7 Å². The second-order valence-electron chi connectivity index (χ2n) is 4.46. The van der Waals surface area contributed by atoms with E-state index in [0.717, 1.165) is 32.8 Å². The Morgan fingerprint density at radius 3 is 2.40 bits per heavy atom. The summed E-state index contributed by atoms with van der Waals surface area (Å²) in [4.78, 5) is 13.5. The van der Waals surface area contributed by atoms with Crippen LogP contribution in [0.5, 0.6) is 0 Å². The average Bonchev–Trinajstić information content (AvgIpc) is 2.46. The minimum atomic E-state index is -0.198. The molecule has 0 saturated carbocycles. The number of morpholine rings is 1. The number of alkyl halides is 1. The van der Waals surface area contributed by atoms with Crippen LogP contribution in [0, 0.1) is 0 Å². The smallest absolute Gasteiger partial charge is 0.318 e. The summed E-state index contributed by atoms with van der Waals surface area (Å²) in [5.41, 5.74) is 0. The topological polar surface area (TPSA) is 57.2 Å². The van der Waals surface area contributed by atoms with Crippen LogP contribution in [0.3, 0.4) is 0 Å². The summed E-state index contributed by atoms with van der Waals surface area (Å²) in [7, 11) is 0. The van der Waals surface area contributed by atoms with E-state index in [1.54, 1.807) is 6.92 Å². The van der Waals surface area contributed by atoms with E-state index in [9.17, 15) is 4.79 Å². The van der Waals surface area contributed by atoms with Crippen molar-refractivity contribution < 1.29 is 23.7 Å². The monoisotopic (exact) mass is 401 g/mol. The molecule has 1 unspecified atom stereocenters. The van der Waals surface area contributed by atoms with Crippen molar-refractivity contribution in [3.8, 4) is 0 Å². The lowest BCUT2D eigenvalue weighted by Crippen LogP contribution is -2.38. The van der Waals surface area contributed by atoms with Gasteiger partial charge in [0.25, 0.3) is 0 Å². The second-order valence-corrected chi connectivity index (χ2v) is 6.33. The van der Waals surface area contributed by atoms with Crippen LogP contribution in [0.15, 0.2) is 0 Å². The highest BCUT2D eigenvalue weighted by atomic mass is 127. The fourth-order valence-corrected chi connectivity index (χ4v) is 1.84. The first kappa shape index (κ1) is 18.1. The van der Waals surface area contributed by atoms with Crippen molar-refractivity contribution in [3.63, 3.8) is 0 Å². The molecule has 0 spiro atoms. The van der Waals surface area contributed by atoms with E-state index >= 15 is 0 Å². The lowest BCUT2D eigenvalue weighted by molar-refractivity contribution is -0.143. The Labute approximate surface area is 134 Å². The Kier molecular flexibility index (Phi) is 10.6. The van der Waals surface area contributed by atoms with E-state index in [-0.39, 0.29) is 9.89 Å². The standard InChI is InChI=1S/C13H24INO5/c1-12(14)13(16)20-11-10-19-9-8-18-7-4-15-2-5-17-6-3-15/h12H,2-11H2,1H3. The van der Waals surface area contributed by atoms with Crippen LogP contribution in [-0.2, 0) is 23.7 Å². The summed E-state index contributed by atoms with van der Waals surface area (Å²) in [5.74, 6) is -0.198. The van der Waals surface area contributed by atoms with E-state index in [0.29, 0.717) is 33.0 Å². The Hall–Kier alpha value is 0.0400. The molecule has 1 saturated heterocycles. The van der Waals surface area contributed by atoms with Gasteiger partial charge in [-0.2, -0.15) is 0 Å². The highest BCUT2D eigenvalue weighted by Gasteiger charge is 2.10. The van der Waals surface area contributed by atoms with Crippen LogP contribution in [0.4, 0.5) is 0 Å². The zero-order valence-corrected chi connectivity index (χ0v) is 14.2. The summed E-state index contributed by atoms with van der Waals surface area (Å²) in [6, 6.07) is 0. The Bertz CT molecular complexity index is 259. The predicted octanol–water partition coefficient (Wildman–Crippen LogP) is 0.718. The van der Waals surface area contributed by atoms with E-state index in [1.165, 1.54) is 0 Å². The van der Waals surface area contributed by atoms with Gasteiger partial charge >= 0.3 is 5.97 Å². The highest BCUT2D eigenvalue weighted by molar-refractivity contribution is 14.1. The van der Waals surface area contributed by atoms with Gasteiger partial charge in [-0.3, -0.25) is 9.69 Å². The molecule has 1 atom stereocenters. The molecule has 6 nitrogen and oxygen atoms in total. The van der Waals surface area contributed by atoms with Crippen LogP contribution >= 0.6 is 22.6 Å². The number of carbonyl (C=O) groups is 1. The number of halogens is 1. The number of nitrogens with zero attached hydrogens (tertiary/aromatic N) is 1. The summed E-state index contributed by atoms with van der Waals surface area (Å²) in [6.45, 7) is 8.88. The molecule has 0 aliphatic carbocycles. The minimum Gasteiger partial charge on any atom is -0.462 e. The van der Waals surface area contributed by atoms with E-state index in [1.807, 2.05) is 22.6 Å². The van der Waals surface area contributed by atoms with Crippen LogP contribution in [0.2, 0.25) is 0 Å². The normalized spacial score (nSPS) is 17.9. The van der Waals surface area contributed by atoms with Crippen molar-refractivity contribution in [2.75, 3.05) is 65.9 Å². The fraction of sp³-hybridized carbons (Fsp3) is 0.923. The molecule has 0 aromatic carbocycles. The zero-order chi connectivity index (χ0) is 14.6. The number of ether oxygens (including phenoxy) is 4. The van der Waals surface area contributed by atoms with Crippen molar-refractivity contribution in [2.45, 2.75) is 10.8 Å². The van der Waals surface area contributed by atoms with Gasteiger partial charge in [0.1, 0.15) is 10.5 Å². The number of hydrogen-bond acceptors (Lipinski definition) is 6. The highest BCUT2D eigenvalue weighted by Crippen LogP contribution is 2.00. The SMILES string of the molecule is CC(I)C(=O)OCCOCCOCCN1CCOCC1. The Balaban J connectivity index is 1.79. The summed E-state index contributed by atoms with van der Waals surface area (Å²) in [5, 5.41) is 0. The molecule has 1 aliphatic rings. The third kappa shape index (κ3) is 9.06. The molecule has 0 amide bonds. The maximum atomic E-state index is 11.1. The van der Waals surface area contributed by atoms with Crippen molar-refractivity contribution in [1.29, 1.82) is 0 Å². The van der Waals surface area contributed by atoms with Crippen molar-refractivity contribution in [1.82, 2.24) is 4.90 Å². The largest absolute Gasteiger partial charge is 0.462 e. The van der Waals surface area contributed by atoms with E-state index < -0.39 is 0 Å². The first-order valence-corrected chi connectivity index (χ1v) is 8.21. The molecule has 0 bridgehead atoms. The molecule has 1 heterocycles. The molecular formula is C13H24INO5. The maximum absolute atomic E-state index is 11.1. The summed E-state index contributed by atoms with van der Waals surface area (Å²) in [6.07, 6.45) is 0. The maximum Gasteiger partial charge on any atom is 0.318 e. The summed E-state index contributed by atoms with van der Waals surface area (Å²) >= 11 is 2.02. The molecule has 0 N–H and O–H groups in total. The van der Waals surface area contributed by atoms with Crippen molar-refractivity contribution in [2.24, 2.45) is 0 Å². The lowest BCUT2D eigenvalue weighted by Gasteiger charge is -2.26. The first-order valence-electron chi connectivity index (χ1n) is 6.96. The number of rotatable bonds is 10. The van der Waals surface area contributed by atoms with Gasteiger partial charge in [-0.15, -0.1) is 0 Å². The van der Waals surface area contributed by atoms with Crippen LogP contribution < -0.4 is 0 Å². The molecule has 0 aromatic heterocycles. The van der Waals surface area contributed by atoms with Gasteiger partial charge in [-0.1, -0.05) is 22.6 Å². The molecule has 1 fully saturated rings. The number of esters is 1. The number of carbonyl (C=O) groups excluding carboxylic acids is 1.